The van der Waals surface area contributed by atoms with Gasteiger partial charge in [-0.2, -0.15) is 0 Å². The topological polar surface area (TPSA) is 60.7 Å². The van der Waals surface area contributed by atoms with E-state index >= 15 is 0 Å². The van der Waals surface area contributed by atoms with Gasteiger partial charge in [0.1, 0.15) is 5.75 Å². The van der Waals surface area contributed by atoms with Crippen molar-refractivity contribution in [3.8, 4) is 5.75 Å². The number of aryl methyl sites for hydroxylation is 2. The van der Waals surface area contributed by atoms with Crippen LogP contribution in [-0.4, -0.2) is 28.0 Å². The Morgan fingerprint density at radius 1 is 1.16 bits per heavy atom. The van der Waals surface area contributed by atoms with Crippen molar-refractivity contribution in [3.05, 3.63) is 58.2 Å². The largest absolute Gasteiger partial charge is 0.507 e. The van der Waals surface area contributed by atoms with Crippen molar-refractivity contribution >= 4 is 6.08 Å². The maximum absolute atomic E-state index is 10.5. The van der Waals surface area contributed by atoms with Crippen molar-refractivity contribution < 1.29 is 15.3 Å². The zero-order valence-corrected chi connectivity index (χ0v) is 16.0. The number of aliphatic hydroxyl groups excluding tert-OH is 2. The Bertz CT molecular complexity index is 630. The molecule has 0 aromatic heterocycles. The van der Waals surface area contributed by atoms with Crippen LogP contribution in [0, 0.1) is 13.8 Å². The Hall–Kier alpha value is -1.84. The van der Waals surface area contributed by atoms with Crippen LogP contribution in [0.1, 0.15) is 56.2 Å². The molecule has 1 aromatic rings. The van der Waals surface area contributed by atoms with Gasteiger partial charge in [-0.15, -0.1) is 0 Å². The highest BCUT2D eigenvalue weighted by Crippen LogP contribution is 2.26. The van der Waals surface area contributed by atoms with Crippen LogP contribution in [0.3, 0.4) is 0 Å². The van der Waals surface area contributed by atoms with Crippen molar-refractivity contribution in [2.45, 2.75) is 59.5 Å². The van der Waals surface area contributed by atoms with E-state index in [1.54, 1.807) is 6.08 Å². The Morgan fingerprint density at radius 2 is 1.76 bits per heavy atom. The second-order valence-electron chi connectivity index (χ2n) is 6.51. The Balaban J connectivity index is 2.88. The van der Waals surface area contributed by atoms with Crippen LogP contribution in [0.5, 0.6) is 5.75 Å². The normalized spacial score (nSPS) is 13.8. The van der Waals surface area contributed by atoms with Crippen LogP contribution in [0.4, 0.5) is 0 Å². The van der Waals surface area contributed by atoms with Gasteiger partial charge in [0.05, 0.1) is 12.7 Å². The highest BCUT2D eigenvalue weighted by molar-refractivity contribution is 5.58. The molecule has 138 valence electrons. The van der Waals surface area contributed by atoms with Crippen LogP contribution in [0.25, 0.3) is 6.08 Å². The summed E-state index contributed by atoms with van der Waals surface area (Å²) in [6.45, 7) is 11.8. The number of phenolic OH excluding ortho intramolecular Hbond substituents is 1. The van der Waals surface area contributed by atoms with Crippen molar-refractivity contribution in [1.82, 2.24) is 0 Å². The van der Waals surface area contributed by atoms with Crippen molar-refractivity contribution in [2.75, 3.05) is 6.61 Å². The summed E-state index contributed by atoms with van der Waals surface area (Å²) >= 11 is 0. The summed E-state index contributed by atoms with van der Waals surface area (Å²) in [5.41, 5.74) is 5.67. The summed E-state index contributed by atoms with van der Waals surface area (Å²) in [7, 11) is 0. The molecule has 0 spiro atoms. The molecule has 1 unspecified atom stereocenters. The summed E-state index contributed by atoms with van der Waals surface area (Å²) in [6, 6.07) is 3.95. The Kier molecular flexibility index (Phi) is 8.67. The maximum Gasteiger partial charge on any atom is 0.121 e. The fraction of sp³-hybridized carbons (Fsp3) is 0.455. The van der Waals surface area contributed by atoms with Crippen LogP contribution in [0.15, 0.2) is 41.5 Å². The predicted octanol–water partition coefficient (Wildman–Crippen LogP) is 4.83. The Labute approximate surface area is 152 Å². The lowest BCUT2D eigenvalue weighted by atomic mass is 9.93. The van der Waals surface area contributed by atoms with Gasteiger partial charge in [-0.05, 0) is 79.5 Å². The molecule has 0 aliphatic heterocycles. The zero-order valence-electron chi connectivity index (χ0n) is 16.0. The predicted molar refractivity (Wildman–Crippen MR) is 106 cm³/mol. The average molecular weight is 344 g/mol. The van der Waals surface area contributed by atoms with Gasteiger partial charge in [0, 0.05) is 0 Å². The third-order valence-corrected chi connectivity index (χ3v) is 4.58. The molecule has 3 N–H and O–H groups in total. The first kappa shape index (κ1) is 21.2. The van der Waals surface area contributed by atoms with E-state index in [9.17, 15) is 10.2 Å². The molecule has 0 amide bonds. The highest BCUT2D eigenvalue weighted by Gasteiger charge is 2.13. The quantitative estimate of drug-likeness (QED) is 0.562. The number of hydrogen-bond donors (Lipinski definition) is 3. The van der Waals surface area contributed by atoms with E-state index in [2.05, 4.69) is 19.6 Å². The minimum Gasteiger partial charge on any atom is -0.507 e. The van der Waals surface area contributed by atoms with Gasteiger partial charge in [-0.3, -0.25) is 0 Å². The monoisotopic (exact) mass is 344 g/mol. The van der Waals surface area contributed by atoms with Gasteiger partial charge >= 0.3 is 0 Å². The average Bonchev–Trinajstić information content (AvgIpc) is 2.59. The number of allylic oxidation sites excluding steroid dienone is 1. The summed E-state index contributed by atoms with van der Waals surface area (Å²) in [5.74, 6) is 0.350. The van der Waals surface area contributed by atoms with Gasteiger partial charge in [-0.25, -0.2) is 0 Å². The lowest BCUT2D eigenvalue weighted by molar-refractivity contribution is 0.200. The van der Waals surface area contributed by atoms with Crippen LogP contribution in [0.2, 0.25) is 0 Å². The Morgan fingerprint density at radius 3 is 2.24 bits per heavy atom. The summed E-state index contributed by atoms with van der Waals surface area (Å²) < 4.78 is 0. The van der Waals surface area contributed by atoms with E-state index in [0.29, 0.717) is 12.2 Å². The SMILES string of the molecule is C=C(CC)/C(=C/CO)C(O)CC/C(=C/c1cc(C)c(O)c(C)c1)CC. The third-order valence-electron chi connectivity index (χ3n) is 4.58. The molecular weight excluding hydrogens is 312 g/mol. The molecule has 1 aromatic carbocycles. The maximum atomic E-state index is 10.5. The highest BCUT2D eigenvalue weighted by atomic mass is 16.3. The number of hydrogen-bond acceptors (Lipinski definition) is 3. The molecule has 25 heavy (non-hydrogen) atoms. The van der Waals surface area contributed by atoms with Gasteiger partial charge in [0.25, 0.3) is 0 Å². The summed E-state index contributed by atoms with van der Waals surface area (Å²) in [6.07, 6.45) is 6.20. The van der Waals surface area contributed by atoms with Gasteiger partial charge in [0.2, 0.25) is 0 Å². The molecule has 0 aliphatic rings. The van der Waals surface area contributed by atoms with E-state index in [4.69, 9.17) is 5.11 Å². The van der Waals surface area contributed by atoms with Crippen LogP contribution >= 0.6 is 0 Å². The molecule has 0 fully saturated rings. The summed E-state index contributed by atoms with van der Waals surface area (Å²) in [4.78, 5) is 0. The van der Waals surface area contributed by atoms with E-state index in [1.807, 2.05) is 32.9 Å². The van der Waals surface area contributed by atoms with E-state index < -0.39 is 6.10 Å². The van der Waals surface area contributed by atoms with Crippen molar-refractivity contribution in [3.63, 3.8) is 0 Å². The second kappa shape index (κ2) is 10.2. The second-order valence-corrected chi connectivity index (χ2v) is 6.51. The number of aliphatic hydroxyl groups is 2. The zero-order chi connectivity index (χ0) is 19.0. The number of phenols is 1. The minimum absolute atomic E-state index is 0.0893. The first-order valence-corrected chi connectivity index (χ1v) is 9.00. The van der Waals surface area contributed by atoms with Crippen molar-refractivity contribution in [2.24, 2.45) is 0 Å². The third kappa shape index (κ3) is 6.18. The van der Waals surface area contributed by atoms with Crippen molar-refractivity contribution in [1.29, 1.82) is 0 Å². The molecule has 3 nitrogen and oxygen atoms in total. The number of rotatable bonds is 9. The lowest BCUT2D eigenvalue weighted by Crippen LogP contribution is -2.13. The number of aromatic hydroxyl groups is 1. The molecule has 1 atom stereocenters. The molecule has 0 radical (unpaired) electrons. The summed E-state index contributed by atoms with van der Waals surface area (Å²) in [5, 5.41) is 29.5. The van der Waals surface area contributed by atoms with E-state index in [-0.39, 0.29) is 6.61 Å². The first-order chi connectivity index (χ1) is 11.8. The smallest absolute Gasteiger partial charge is 0.121 e. The fourth-order valence-corrected chi connectivity index (χ4v) is 2.96. The molecule has 1 rings (SSSR count). The van der Waals surface area contributed by atoms with Crippen LogP contribution in [-0.2, 0) is 0 Å². The molecule has 0 bridgehead atoms. The van der Waals surface area contributed by atoms with Gasteiger partial charge < -0.3 is 15.3 Å². The minimum atomic E-state index is -0.613. The molecule has 3 heteroatoms. The lowest BCUT2D eigenvalue weighted by Gasteiger charge is -2.17. The standard InChI is InChI=1S/C22H32O3/c1-6-15(3)20(10-11-23)21(24)9-8-18(7-2)14-19-12-16(4)22(25)17(5)13-19/h10,12-14,21,23-25H,3,6-9,11H2,1-2,4-5H3/b18-14+,20-10-. The van der Waals surface area contributed by atoms with Gasteiger partial charge in [-0.1, -0.05) is 38.2 Å². The number of benzene rings is 1. The van der Waals surface area contributed by atoms with E-state index in [0.717, 1.165) is 47.1 Å². The fourth-order valence-electron chi connectivity index (χ4n) is 2.96. The molecule has 0 saturated carbocycles. The van der Waals surface area contributed by atoms with Gasteiger partial charge in [0.15, 0.2) is 0 Å². The molecule has 0 saturated heterocycles. The first-order valence-electron chi connectivity index (χ1n) is 9.00. The molecule has 0 aliphatic carbocycles. The molecular formula is C22H32O3. The van der Waals surface area contributed by atoms with Crippen LogP contribution < -0.4 is 0 Å². The van der Waals surface area contributed by atoms with E-state index in [1.165, 1.54) is 5.57 Å². The molecule has 0 heterocycles.